The third-order valence-electron chi connectivity index (χ3n) is 6.32. The van der Waals surface area contributed by atoms with E-state index in [-0.39, 0.29) is 24.8 Å². The predicted octanol–water partition coefficient (Wildman–Crippen LogP) is 2.68. The SMILES string of the molecule is CN1CCN2[C@@H](c3ccc4c(c3)OCO4)c3[nH]c4ccccc4c3C[C@H]2C1=O. The number of hydrogen-bond acceptors (Lipinski definition) is 4. The molecule has 0 saturated carbocycles. The van der Waals surface area contributed by atoms with E-state index in [2.05, 4.69) is 40.2 Å². The van der Waals surface area contributed by atoms with Gasteiger partial charge in [0.2, 0.25) is 12.7 Å². The molecular weight excluding hydrogens is 354 g/mol. The van der Waals surface area contributed by atoms with Gasteiger partial charge in [0.1, 0.15) is 0 Å². The second-order valence-corrected chi connectivity index (χ2v) is 7.80. The van der Waals surface area contributed by atoms with Crippen LogP contribution in [0, 0.1) is 0 Å². The number of para-hydroxylation sites is 1. The van der Waals surface area contributed by atoms with Gasteiger partial charge >= 0.3 is 0 Å². The highest BCUT2D eigenvalue weighted by atomic mass is 16.7. The fraction of sp³-hybridized carbons (Fsp3) is 0.318. The second-order valence-electron chi connectivity index (χ2n) is 7.80. The normalized spacial score (nSPS) is 23.8. The predicted molar refractivity (Wildman–Crippen MR) is 105 cm³/mol. The number of carbonyl (C=O) groups excluding carboxylic acids is 1. The molecule has 2 atom stereocenters. The molecule has 1 saturated heterocycles. The van der Waals surface area contributed by atoms with E-state index in [1.807, 2.05) is 24.1 Å². The average molecular weight is 375 g/mol. The molecule has 142 valence electrons. The summed E-state index contributed by atoms with van der Waals surface area (Å²) in [6.45, 7) is 1.85. The molecule has 0 radical (unpaired) electrons. The van der Waals surface area contributed by atoms with Crippen molar-refractivity contribution < 1.29 is 14.3 Å². The fourth-order valence-electron chi connectivity index (χ4n) is 4.92. The number of hydrogen-bond donors (Lipinski definition) is 1. The van der Waals surface area contributed by atoms with Crippen LogP contribution in [-0.2, 0) is 11.2 Å². The first-order chi connectivity index (χ1) is 13.7. The van der Waals surface area contributed by atoms with Gasteiger partial charge in [-0.1, -0.05) is 24.3 Å². The topological polar surface area (TPSA) is 57.8 Å². The van der Waals surface area contributed by atoms with Crippen LogP contribution in [0.5, 0.6) is 11.5 Å². The number of rotatable bonds is 1. The Kier molecular flexibility index (Phi) is 3.29. The van der Waals surface area contributed by atoms with Gasteiger partial charge < -0.3 is 19.4 Å². The Hall–Kier alpha value is -2.99. The molecule has 3 aliphatic heterocycles. The van der Waals surface area contributed by atoms with E-state index in [4.69, 9.17) is 9.47 Å². The van der Waals surface area contributed by atoms with Gasteiger partial charge in [-0.15, -0.1) is 0 Å². The first-order valence-corrected chi connectivity index (χ1v) is 9.70. The molecule has 28 heavy (non-hydrogen) atoms. The van der Waals surface area contributed by atoms with Crippen molar-refractivity contribution in [2.24, 2.45) is 0 Å². The van der Waals surface area contributed by atoms with Crippen molar-refractivity contribution in [1.29, 1.82) is 0 Å². The van der Waals surface area contributed by atoms with Crippen LogP contribution in [0.3, 0.4) is 0 Å². The third kappa shape index (κ3) is 2.15. The molecule has 0 aliphatic carbocycles. The van der Waals surface area contributed by atoms with Crippen molar-refractivity contribution in [3.8, 4) is 11.5 Å². The number of amides is 1. The molecule has 0 spiro atoms. The number of likely N-dealkylation sites (N-methyl/N-ethyl adjacent to an activating group) is 1. The first kappa shape index (κ1) is 16.0. The Bertz CT molecular complexity index is 1110. The fourth-order valence-corrected chi connectivity index (χ4v) is 4.92. The van der Waals surface area contributed by atoms with Crippen molar-refractivity contribution in [3.63, 3.8) is 0 Å². The third-order valence-corrected chi connectivity index (χ3v) is 6.32. The van der Waals surface area contributed by atoms with Crippen LogP contribution in [-0.4, -0.2) is 53.7 Å². The van der Waals surface area contributed by atoms with Gasteiger partial charge in [0.15, 0.2) is 11.5 Å². The van der Waals surface area contributed by atoms with Crippen molar-refractivity contribution in [1.82, 2.24) is 14.8 Å². The number of benzene rings is 2. The zero-order valence-electron chi connectivity index (χ0n) is 15.6. The molecule has 2 aromatic carbocycles. The first-order valence-electron chi connectivity index (χ1n) is 9.70. The summed E-state index contributed by atoms with van der Waals surface area (Å²) >= 11 is 0. The summed E-state index contributed by atoms with van der Waals surface area (Å²) in [6.07, 6.45) is 0.740. The quantitative estimate of drug-likeness (QED) is 0.711. The summed E-state index contributed by atoms with van der Waals surface area (Å²) in [5.41, 5.74) is 4.69. The minimum Gasteiger partial charge on any atom is -0.454 e. The Balaban J connectivity index is 1.56. The number of carbonyl (C=O) groups is 1. The van der Waals surface area contributed by atoms with Gasteiger partial charge in [-0.3, -0.25) is 9.69 Å². The molecular formula is C22H21N3O3. The molecule has 6 nitrogen and oxygen atoms in total. The molecule has 1 aromatic heterocycles. The van der Waals surface area contributed by atoms with E-state index in [0.717, 1.165) is 42.1 Å². The van der Waals surface area contributed by atoms with Gasteiger partial charge in [-0.2, -0.15) is 0 Å². The Morgan fingerprint density at radius 1 is 1.07 bits per heavy atom. The molecule has 6 heteroatoms. The maximum Gasteiger partial charge on any atom is 0.240 e. The molecule has 3 aromatic rings. The highest BCUT2D eigenvalue weighted by molar-refractivity contribution is 5.89. The summed E-state index contributed by atoms with van der Waals surface area (Å²) in [6, 6.07) is 14.4. The van der Waals surface area contributed by atoms with Crippen molar-refractivity contribution in [2.75, 3.05) is 26.9 Å². The number of nitrogens with one attached hydrogen (secondary N) is 1. The number of ether oxygens (including phenoxy) is 2. The maximum absolute atomic E-state index is 13.0. The lowest BCUT2D eigenvalue weighted by Gasteiger charge is -2.46. The molecule has 3 aliphatic rings. The standard InChI is InChI=1S/C22H21N3O3/c1-24-8-9-25-17(22(24)26)11-15-14-4-2-3-5-16(14)23-20(15)21(25)13-6-7-18-19(10-13)28-12-27-18/h2-7,10,17,21,23H,8-9,11-12H2,1H3/t17-,21-/m0/s1. The van der Waals surface area contributed by atoms with E-state index in [1.54, 1.807) is 0 Å². The smallest absolute Gasteiger partial charge is 0.240 e. The lowest BCUT2D eigenvalue weighted by Crippen LogP contribution is -2.59. The molecule has 6 rings (SSSR count). The molecule has 4 heterocycles. The minimum absolute atomic E-state index is 0.00620. The van der Waals surface area contributed by atoms with E-state index in [1.165, 1.54) is 16.6 Å². The number of aromatic nitrogens is 1. The van der Waals surface area contributed by atoms with E-state index in [0.29, 0.717) is 0 Å². The maximum atomic E-state index is 13.0. The van der Waals surface area contributed by atoms with Crippen molar-refractivity contribution in [3.05, 3.63) is 59.3 Å². The summed E-state index contributed by atoms with van der Waals surface area (Å²) in [4.78, 5) is 20.9. The number of nitrogens with zero attached hydrogens (tertiary/aromatic N) is 2. The largest absolute Gasteiger partial charge is 0.454 e. The highest BCUT2D eigenvalue weighted by Gasteiger charge is 2.44. The number of aromatic amines is 1. The van der Waals surface area contributed by atoms with E-state index in [9.17, 15) is 4.79 Å². The van der Waals surface area contributed by atoms with Crippen LogP contribution in [0.15, 0.2) is 42.5 Å². The average Bonchev–Trinajstić information content (AvgIpc) is 3.33. The lowest BCUT2D eigenvalue weighted by atomic mass is 9.86. The number of piperazine rings is 1. The van der Waals surface area contributed by atoms with Crippen LogP contribution >= 0.6 is 0 Å². The molecule has 0 bridgehead atoms. The molecule has 1 amide bonds. The van der Waals surface area contributed by atoms with Crippen molar-refractivity contribution in [2.45, 2.75) is 18.5 Å². The molecule has 1 N–H and O–H groups in total. The summed E-state index contributed by atoms with van der Waals surface area (Å²) < 4.78 is 11.1. The summed E-state index contributed by atoms with van der Waals surface area (Å²) in [7, 11) is 1.90. The van der Waals surface area contributed by atoms with Crippen LogP contribution in [0.4, 0.5) is 0 Å². The Labute approximate surface area is 162 Å². The van der Waals surface area contributed by atoms with Crippen LogP contribution in [0.2, 0.25) is 0 Å². The highest BCUT2D eigenvalue weighted by Crippen LogP contribution is 2.44. The monoisotopic (exact) mass is 375 g/mol. The lowest BCUT2D eigenvalue weighted by molar-refractivity contribution is -0.141. The Morgan fingerprint density at radius 3 is 2.86 bits per heavy atom. The van der Waals surface area contributed by atoms with Gasteiger partial charge in [0.05, 0.1) is 12.1 Å². The summed E-state index contributed by atoms with van der Waals surface area (Å²) in [5, 5.41) is 1.21. The van der Waals surface area contributed by atoms with Crippen LogP contribution in [0.25, 0.3) is 10.9 Å². The molecule has 1 fully saturated rings. The van der Waals surface area contributed by atoms with Gasteiger partial charge in [0, 0.05) is 36.7 Å². The van der Waals surface area contributed by atoms with Crippen molar-refractivity contribution >= 4 is 16.8 Å². The van der Waals surface area contributed by atoms with Gasteiger partial charge in [-0.05, 0) is 35.7 Å². The van der Waals surface area contributed by atoms with Gasteiger partial charge in [-0.25, -0.2) is 0 Å². The van der Waals surface area contributed by atoms with Crippen LogP contribution < -0.4 is 9.47 Å². The van der Waals surface area contributed by atoms with E-state index < -0.39 is 0 Å². The summed E-state index contributed by atoms with van der Waals surface area (Å²) in [5.74, 6) is 1.76. The number of H-pyrrole nitrogens is 1. The zero-order valence-corrected chi connectivity index (χ0v) is 15.6. The van der Waals surface area contributed by atoms with Crippen LogP contribution in [0.1, 0.15) is 22.9 Å². The zero-order chi connectivity index (χ0) is 18.8. The second kappa shape index (κ2) is 5.75. The van der Waals surface area contributed by atoms with E-state index >= 15 is 0 Å². The van der Waals surface area contributed by atoms with Gasteiger partial charge in [0.25, 0.3) is 0 Å². The Morgan fingerprint density at radius 2 is 1.93 bits per heavy atom. The minimum atomic E-state index is -0.138. The number of fused-ring (bicyclic) bond motifs is 5. The molecule has 0 unspecified atom stereocenters.